The Morgan fingerprint density at radius 1 is 1.06 bits per heavy atom. The number of thiophene rings is 1. The van der Waals surface area contributed by atoms with E-state index in [1.165, 1.54) is 16.9 Å². The van der Waals surface area contributed by atoms with Crippen molar-refractivity contribution in [2.45, 2.75) is 33.2 Å². The molecule has 3 heterocycles. The van der Waals surface area contributed by atoms with Gasteiger partial charge in [-0.15, -0.1) is 11.3 Å². The monoisotopic (exact) mass is 472 g/mol. The number of benzene rings is 2. The van der Waals surface area contributed by atoms with Gasteiger partial charge >= 0.3 is 0 Å². The summed E-state index contributed by atoms with van der Waals surface area (Å²) in [5, 5.41) is 5.00. The average Bonchev–Trinajstić information content (AvgIpc) is 3.33. The van der Waals surface area contributed by atoms with Crippen LogP contribution in [0.15, 0.2) is 64.8 Å². The average molecular weight is 473 g/mol. The largest absolute Gasteiger partial charge is 0.352 e. The highest BCUT2D eigenvalue weighted by Gasteiger charge is 2.29. The molecule has 0 radical (unpaired) electrons. The number of rotatable bonds is 5. The van der Waals surface area contributed by atoms with Crippen molar-refractivity contribution in [1.29, 1.82) is 0 Å². The van der Waals surface area contributed by atoms with Crippen molar-refractivity contribution in [3.63, 3.8) is 0 Å². The minimum Gasteiger partial charge on any atom is -0.352 e. The first kappa shape index (κ1) is 22.3. The van der Waals surface area contributed by atoms with Crippen LogP contribution in [0.3, 0.4) is 0 Å². The summed E-state index contributed by atoms with van der Waals surface area (Å²) < 4.78 is 2.35. The Morgan fingerprint density at radius 2 is 1.76 bits per heavy atom. The molecule has 2 aromatic carbocycles. The lowest BCUT2D eigenvalue weighted by molar-refractivity contribution is -0.125. The number of carbonyl (C=O) groups excluding carboxylic acids is 1. The van der Waals surface area contributed by atoms with Crippen LogP contribution in [-0.4, -0.2) is 28.5 Å². The molecule has 1 atom stereocenters. The molecule has 0 spiro atoms. The van der Waals surface area contributed by atoms with E-state index in [9.17, 15) is 9.59 Å². The molecule has 0 bridgehead atoms. The molecule has 1 amide bonds. The van der Waals surface area contributed by atoms with Crippen LogP contribution >= 0.6 is 11.3 Å². The number of amides is 1. The maximum atomic E-state index is 13.5. The third kappa shape index (κ3) is 4.48. The van der Waals surface area contributed by atoms with E-state index in [-0.39, 0.29) is 17.4 Å². The van der Waals surface area contributed by atoms with Crippen molar-refractivity contribution >= 4 is 33.4 Å². The minimum absolute atomic E-state index is 0.0473. The van der Waals surface area contributed by atoms with Gasteiger partial charge in [-0.2, -0.15) is 0 Å². The van der Waals surface area contributed by atoms with Crippen LogP contribution in [0.25, 0.3) is 15.9 Å². The molecule has 0 aliphatic carbocycles. The number of aromatic nitrogens is 2. The van der Waals surface area contributed by atoms with Gasteiger partial charge in [0.15, 0.2) is 0 Å². The van der Waals surface area contributed by atoms with E-state index >= 15 is 0 Å². The first-order valence-electron chi connectivity index (χ1n) is 11.6. The lowest BCUT2D eigenvalue weighted by Gasteiger charge is -2.34. The molecule has 174 valence electrons. The van der Waals surface area contributed by atoms with Crippen molar-refractivity contribution in [1.82, 2.24) is 14.9 Å². The summed E-state index contributed by atoms with van der Waals surface area (Å²) in [6, 6.07) is 18.0. The van der Waals surface area contributed by atoms with Gasteiger partial charge in [-0.1, -0.05) is 47.5 Å². The molecule has 6 nitrogen and oxygen atoms in total. The third-order valence-corrected chi connectivity index (χ3v) is 7.31. The first-order chi connectivity index (χ1) is 16.5. The number of nitrogens with zero attached hydrogens (tertiary/aromatic N) is 3. The predicted molar refractivity (Wildman–Crippen MR) is 138 cm³/mol. The SMILES string of the molecule is Cc1ccc(CNC(=O)[C@@H]2CCCN(c3nc4ccsc4c(=O)n3-c3ccc(C)cc3)C2)cc1. The highest BCUT2D eigenvalue weighted by Crippen LogP contribution is 2.26. The van der Waals surface area contributed by atoms with E-state index in [0.29, 0.717) is 29.3 Å². The quantitative estimate of drug-likeness (QED) is 0.461. The summed E-state index contributed by atoms with van der Waals surface area (Å²) in [5.41, 5.74) is 4.85. The van der Waals surface area contributed by atoms with Crippen LogP contribution in [0.2, 0.25) is 0 Å². The zero-order chi connectivity index (χ0) is 23.7. The summed E-state index contributed by atoms with van der Waals surface area (Å²) in [4.78, 5) is 33.5. The molecule has 4 aromatic rings. The van der Waals surface area contributed by atoms with E-state index in [0.717, 1.165) is 36.2 Å². The summed E-state index contributed by atoms with van der Waals surface area (Å²) in [6.07, 6.45) is 1.69. The van der Waals surface area contributed by atoms with Gasteiger partial charge in [0.05, 0.1) is 17.1 Å². The minimum atomic E-state index is -0.152. The molecule has 1 aliphatic heterocycles. The molecular formula is C27H28N4O2S. The van der Waals surface area contributed by atoms with Gasteiger partial charge in [-0.05, 0) is 55.8 Å². The Bertz CT molecular complexity index is 1370. The number of aryl methyl sites for hydroxylation is 2. The molecule has 1 fully saturated rings. The van der Waals surface area contributed by atoms with Crippen LogP contribution in [0.4, 0.5) is 5.95 Å². The molecule has 0 saturated carbocycles. The number of hydrogen-bond donors (Lipinski definition) is 1. The summed E-state index contributed by atoms with van der Waals surface area (Å²) in [7, 11) is 0. The van der Waals surface area contributed by atoms with Crippen molar-refractivity contribution in [3.05, 3.63) is 87.0 Å². The molecule has 1 N–H and O–H groups in total. The summed E-state index contributed by atoms with van der Waals surface area (Å²) in [5.74, 6) is 0.502. The molecule has 0 unspecified atom stereocenters. The molecule has 7 heteroatoms. The number of nitrogens with one attached hydrogen (secondary N) is 1. The van der Waals surface area contributed by atoms with E-state index in [2.05, 4.69) is 29.3 Å². The maximum absolute atomic E-state index is 13.5. The molecule has 2 aromatic heterocycles. The maximum Gasteiger partial charge on any atom is 0.277 e. The normalized spacial score (nSPS) is 16.1. The standard InChI is InChI=1S/C27H28N4O2S/c1-18-5-9-20(10-6-18)16-28-25(32)21-4-3-14-30(17-21)27-29-23-13-15-34-24(23)26(33)31(27)22-11-7-19(2)8-12-22/h5-13,15,21H,3-4,14,16-17H2,1-2H3,(H,28,32)/t21-/m1/s1. The number of fused-ring (bicyclic) bond motifs is 1. The number of hydrogen-bond acceptors (Lipinski definition) is 5. The topological polar surface area (TPSA) is 67.2 Å². The Morgan fingerprint density at radius 3 is 2.50 bits per heavy atom. The Hall–Kier alpha value is -3.45. The first-order valence-corrected chi connectivity index (χ1v) is 12.5. The molecule has 34 heavy (non-hydrogen) atoms. The van der Waals surface area contributed by atoms with Crippen LogP contribution in [0, 0.1) is 19.8 Å². The predicted octanol–water partition coefficient (Wildman–Crippen LogP) is 4.60. The van der Waals surface area contributed by atoms with Gasteiger partial charge in [0.1, 0.15) is 4.70 Å². The van der Waals surface area contributed by atoms with Crippen LogP contribution in [0.5, 0.6) is 0 Å². The number of carbonyl (C=O) groups is 1. The van der Waals surface area contributed by atoms with Gasteiger partial charge in [0, 0.05) is 19.6 Å². The fraction of sp³-hybridized carbons (Fsp3) is 0.296. The summed E-state index contributed by atoms with van der Waals surface area (Å²) >= 11 is 1.41. The van der Waals surface area contributed by atoms with Gasteiger partial charge in [0.25, 0.3) is 5.56 Å². The Labute approximate surface area is 202 Å². The fourth-order valence-electron chi connectivity index (χ4n) is 4.45. The van der Waals surface area contributed by atoms with E-state index < -0.39 is 0 Å². The summed E-state index contributed by atoms with van der Waals surface area (Å²) in [6.45, 7) is 5.89. The van der Waals surface area contributed by atoms with Crippen molar-refractivity contribution in [3.8, 4) is 5.69 Å². The van der Waals surface area contributed by atoms with Crippen molar-refractivity contribution in [2.75, 3.05) is 18.0 Å². The Kier molecular flexibility index (Phi) is 6.20. The second-order valence-electron chi connectivity index (χ2n) is 9.01. The number of anilines is 1. The van der Waals surface area contributed by atoms with Gasteiger partial charge in [-0.3, -0.25) is 9.59 Å². The molecule has 1 aliphatic rings. The molecular weight excluding hydrogens is 444 g/mol. The number of piperidine rings is 1. The van der Waals surface area contributed by atoms with E-state index in [4.69, 9.17) is 4.98 Å². The fourth-order valence-corrected chi connectivity index (χ4v) is 5.21. The molecule has 5 rings (SSSR count). The second kappa shape index (κ2) is 9.43. The van der Waals surface area contributed by atoms with E-state index in [1.54, 1.807) is 4.57 Å². The van der Waals surface area contributed by atoms with Crippen LogP contribution in [-0.2, 0) is 11.3 Å². The van der Waals surface area contributed by atoms with Crippen LogP contribution < -0.4 is 15.8 Å². The van der Waals surface area contributed by atoms with Crippen molar-refractivity contribution in [2.24, 2.45) is 5.92 Å². The third-order valence-electron chi connectivity index (χ3n) is 6.42. The lowest BCUT2D eigenvalue weighted by Crippen LogP contribution is -2.45. The van der Waals surface area contributed by atoms with E-state index in [1.807, 2.05) is 54.8 Å². The van der Waals surface area contributed by atoms with Gasteiger partial charge in [0.2, 0.25) is 11.9 Å². The van der Waals surface area contributed by atoms with Gasteiger partial charge < -0.3 is 10.2 Å². The molecule has 1 saturated heterocycles. The van der Waals surface area contributed by atoms with Gasteiger partial charge in [-0.25, -0.2) is 9.55 Å². The lowest BCUT2D eigenvalue weighted by atomic mass is 9.97. The van der Waals surface area contributed by atoms with Crippen molar-refractivity contribution < 1.29 is 4.79 Å². The highest BCUT2D eigenvalue weighted by atomic mass is 32.1. The zero-order valence-electron chi connectivity index (χ0n) is 19.5. The smallest absolute Gasteiger partial charge is 0.277 e. The highest BCUT2D eigenvalue weighted by molar-refractivity contribution is 7.17. The Balaban J connectivity index is 1.42. The zero-order valence-corrected chi connectivity index (χ0v) is 20.3. The van der Waals surface area contributed by atoms with Crippen LogP contribution in [0.1, 0.15) is 29.5 Å². The second-order valence-corrected chi connectivity index (χ2v) is 9.93.